The lowest BCUT2D eigenvalue weighted by atomic mass is 9.97. The largest absolute Gasteiger partial charge is 0.492 e. The Morgan fingerprint density at radius 1 is 1.18 bits per heavy atom. The molecule has 2 aliphatic rings. The van der Waals surface area contributed by atoms with Crippen LogP contribution in [0.25, 0.3) is 10.9 Å². The van der Waals surface area contributed by atoms with Gasteiger partial charge in [-0.1, -0.05) is 29.4 Å². The Morgan fingerprint density at radius 3 is 2.89 bits per heavy atom. The zero-order chi connectivity index (χ0) is 19.3. The fourth-order valence-electron chi connectivity index (χ4n) is 3.48. The van der Waals surface area contributed by atoms with Gasteiger partial charge >= 0.3 is 0 Å². The molecule has 1 fully saturated rings. The third-order valence-corrected chi connectivity index (χ3v) is 6.13. The first-order valence-corrected chi connectivity index (χ1v) is 9.84. The highest BCUT2D eigenvalue weighted by molar-refractivity contribution is 8.15. The average molecular weight is 413 g/mol. The maximum absolute atomic E-state index is 12.0. The first-order valence-electron chi connectivity index (χ1n) is 8.59. The number of pyridine rings is 1. The van der Waals surface area contributed by atoms with E-state index in [9.17, 15) is 9.59 Å². The van der Waals surface area contributed by atoms with Crippen molar-refractivity contribution in [2.24, 2.45) is 0 Å². The fourth-order valence-corrected chi connectivity index (χ4v) is 4.59. The topological polar surface area (TPSA) is 77.5 Å². The molecule has 0 bridgehead atoms. The molecule has 140 valence electrons. The fraction of sp³-hybridized carbons (Fsp3) is 0.150. The average Bonchev–Trinajstić information content (AvgIpc) is 3.23. The summed E-state index contributed by atoms with van der Waals surface area (Å²) in [6.07, 6.45) is 1.67. The monoisotopic (exact) mass is 412 g/mol. The van der Waals surface area contributed by atoms with Crippen LogP contribution in [0, 0.1) is 0 Å². The lowest BCUT2D eigenvalue weighted by molar-refractivity contribution is -0.119. The molecule has 1 aromatic heterocycles. The highest BCUT2D eigenvalue weighted by atomic mass is 35.5. The molecule has 0 saturated carbocycles. The quantitative estimate of drug-likeness (QED) is 0.682. The molecule has 2 aromatic carbocycles. The Balaban J connectivity index is 1.43. The molecular weight excluding hydrogens is 400 g/mol. The van der Waals surface area contributed by atoms with Crippen molar-refractivity contribution in [3.63, 3.8) is 0 Å². The van der Waals surface area contributed by atoms with Gasteiger partial charge in [-0.2, -0.15) is 0 Å². The molecule has 28 heavy (non-hydrogen) atoms. The van der Waals surface area contributed by atoms with Crippen LogP contribution < -0.4 is 14.8 Å². The van der Waals surface area contributed by atoms with Gasteiger partial charge in [0.1, 0.15) is 22.5 Å². The van der Waals surface area contributed by atoms with Crippen molar-refractivity contribution in [1.29, 1.82) is 0 Å². The summed E-state index contributed by atoms with van der Waals surface area (Å²) < 4.78 is 11.8. The van der Waals surface area contributed by atoms with E-state index < -0.39 is 5.25 Å². The van der Waals surface area contributed by atoms with E-state index in [1.807, 2.05) is 18.2 Å². The van der Waals surface area contributed by atoms with Gasteiger partial charge in [-0.3, -0.25) is 19.9 Å². The normalized spacial score (nSPS) is 20.8. The molecule has 1 N–H and O–H groups in total. The van der Waals surface area contributed by atoms with Crippen LogP contribution in [0.15, 0.2) is 48.7 Å². The van der Waals surface area contributed by atoms with Crippen LogP contribution in [0.3, 0.4) is 0 Å². The summed E-state index contributed by atoms with van der Waals surface area (Å²) in [5.41, 5.74) is 1.65. The molecule has 0 radical (unpaired) electrons. The molecule has 2 aliphatic heterocycles. The van der Waals surface area contributed by atoms with Crippen LogP contribution in [0.4, 0.5) is 4.79 Å². The molecular formula is C20H13ClN2O4S. The molecule has 2 amide bonds. The highest BCUT2D eigenvalue weighted by Gasteiger charge is 2.42. The molecule has 5 rings (SSSR count). The summed E-state index contributed by atoms with van der Waals surface area (Å²) in [6, 6.07) is 12.8. The molecule has 2 atom stereocenters. The second-order valence-electron chi connectivity index (χ2n) is 6.50. The van der Waals surface area contributed by atoms with E-state index in [4.69, 9.17) is 21.1 Å². The summed E-state index contributed by atoms with van der Waals surface area (Å²) in [7, 11) is 0. The van der Waals surface area contributed by atoms with E-state index in [0.29, 0.717) is 28.9 Å². The van der Waals surface area contributed by atoms with Crippen LogP contribution in [-0.4, -0.2) is 28.0 Å². The number of benzene rings is 2. The molecule has 0 spiro atoms. The first kappa shape index (κ1) is 17.3. The van der Waals surface area contributed by atoms with Crippen LogP contribution >= 0.6 is 23.4 Å². The minimum absolute atomic E-state index is 0.163. The van der Waals surface area contributed by atoms with Crippen LogP contribution in [0.5, 0.6) is 17.2 Å². The molecule has 6 nitrogen and oxygen atoms in total. The zero-order valence-electron chi connectivity index (χ0n) is 14.3. The minimum atomic E-state index is -0.464. The number of thioether (sulfide) groups is 1. The van der Waals surface area contributed by atoms with Crippen molar-refractivity contribution >= 4 is 45.4 Å². The van der Waals surface area contributed by atoms with Gasteiger partial charge in [0, 0.05) is 34.2 Å². The Morgan fingerprint density at radius 2 is 2.07 bits per heavy atom. The highest BCUT2D eigenvalue weighted by Crippen LogP contribution is 2.44. The van der Waals surface area contributed by atoms with E-state index in [0.717, 1.165) is 28.2 Å². The summed E-state index contributed by atoms with van der Waals surface area (Å²) in [4.78, 5) is 27.8. The smallest absolute Gasteiger partial charge is 0.286 e. The summed E-state index contributed by atoms with van der Waals surface area (Å²) in [6.45, 7) is 0.355. The van der Waals surface area contributed by atoms with E-state index in [1.54, 1.807) is 30.5 Å². The van der Waals surface area contributed by atoms with Crippen molar-refractivity contribution in [3.05, 3.63) is 59.2 Å². The lowest BCUT2D eigenvalue weighted by Gasteiger charge is -2.13. The van der Waals surface area contributed by atoms with E-state index in [-0.39, 0.29) is 17.1 Å². The molecule has 1 saturated heterocycles. The number of carbonyl (C=O) groups is 2. The number of halogens is 1. The predicted octanol–water partition coefficient (Wildman–Crippen LogP) is 4.51. The van der Waals surface area contributed by atoms with E-state index >= 15 is 0 Å². The first-order chi connectivity index (χ1) is 13.6. The van der Waals surface area contributed by atoms with E-state index in [2.05, 4.69) is 10.3 Å². The third kappa shape index (κ3) is 2.96. The number of nitrogens with one attached hydrogen (secondary N) is 1. The predicted molar refractivity (Wildman–Crippen MR) is 106 cm³/mol. The number of imide groups is 1. The van der Waals surface area contributed by atoms with Gasteiger partial charge in [0.25, 0.3) is 5.24 Å². The number of aromatic nitrogens is 1. The number of amides is 2. The van der Waals surface area contributed by atoms with Gasteiger partial charge in [-0.05, 0) is 30.3 Å². The van der Waals surface area contributed by atoms with Gasteiger partial charge in [0.15, 0.2) is 0 Å². The number of rotatable bonds is 3. The molecule has 1 unspecified atom stereocenters. The van der Waals surface area contributed by atoms with Crippen molar-refractivity contribution in [2.45, 2.75) is 11.2 Å². The Kier molecular flexibility index (Phi) is 4.14. The number of hydrogen-bond acceptors (Lipinski definition) is 6. The number of nitrogens with zero attached hydrogens (tertiary/aromatic N) is 1. The second-order valence-corrected chi connectivity index (χ2v) is 8.06. The van der Waals surface area contributed by atoms with Gasteiger partial charge in [-0.15, -0.1) is 0 Å². The summed E-state index contributed by atoms with van der Waals surface area (Å²) in [5.74, 6) is 1.51. The molecule has 3 aromatic rings. The summed E-state index contributed by atoms with van der Waals surface area (Å²) in [5, 5.41) is 3.02. The Hall–Kier alpha value is -2.77. The van der Waals surface area contributed by atoms with Gasteiger partial charge < -0.3 is 9.47 Å². The zero-order valence-corrected chi connectivity index (χ0v) is 15.9. The third-order valence-electron chi connectivity index (χ3n) is 4.78. The lowest BCUT2D eigenvalue weighted by Crippen LogP contribution is -2.29. The SMILES string of the molecule is O=C1NC(=O)C([C@@H]2COc3cc(Oc4ccnc5cc(Cl)ccc45)ccc32)S1. The minimum Gasteiger partial charge on any atom is -0.492 e. The molecule has 0 aliphatic carbocycles. The van der Waals surface area contributed by atoms with Gasteiger partial charge in [0.05, 0.1) is 12.1 Å². The molecule has 8 heteroatoms. The van der Waals surface area contributed by atoms with Crippen LogP contribution in [0.1, 0.15) is 11.5 Å². The maximum atomic E-state index is 12.0. The van der Waals surface area contributed by atoms with E-state index in [1.165, 1.54) is 0 Å². The van der Waals surface area contributed by atoms with Crippen molar-refractivity contribution in [2.75, 3.05) is 6.61 Å². The van der Waals surface area contributed by atoms with Gasteiger partial charge in [-0.25, -0.2) is 0 Å². The summed E-state index contributed by atoms with van der Waals surface area (Å²) >= 11 is 7.05. The Labute approximate surface area is 169 Å². The molecule has 3 heterocycles. The van der Waals surface area contributed by atoms with Crippen LogP contribution in [0.2, 0.25) is 5.02 Å². The van der Waals surface area contributed by atoms with Crippen molar-refractivity contribution in [1.82, 2.24) is 10.3 Å². The van der Waals surface area contributed by atoms with Crippen molar-refractivity contribution < 1.29 is 19.1 Å². The standard InChI is InChI=1S/C20H13ClN2O4S/c21-10-1-3-13-15(7-10)22-6-5-16(13)27-11-2-4-12-14(9-26-17(12)8-11)18-19(24)23-20(25)28-18/h1-8,14,18H,9H2,(H,23,24,25)/t14-,18?/m1/s1. The number of carbonyl (C=O) groups excluding carboxylic acids is 2. The maximum Gasteiger partial charge on any atom is 0.286 e. The van der Waals surface area contributed by atoms with Gasteiger partial charge in [0.2, 0.25) is 5.91 Å². The van der Waals surface area contributed by atoms with Crippen molar-refractivity contribution in [3.8, 4) is 17.2 Å². The van der Waals surface area contributed by atoms with Crippen LogP contribution in [-0.2, 0) is 4.79 Å². The number of fused-ring (bicyclic) bond motifs is 2. The Bertz CT molecular complexity index is 1140. The number of hydrogen-bond donors (Lipinski definition) is 1. The number of ether oxygens (including phenoxy) is 2. The second kappa shape index (κ2) is 6.68.